The number of benzene rings is 1. The summed E-state index contributed by atoms with van der Waals surface area (Å²) in [6, 6.07) is 9.06. The number of thiophene rings is 1. The predicted octanol–water partition coefficient (Wildman–Crippen LogP) is 4.05. The van der Waals surface area contributed by atoms with Crippen LogP contribution in [0.5, 0.6) is 0 Å². The van der Waals surface area contributed by atoms with Crippen molar-refractivity contribution in [1.82, 2.24) is 10.2 Å². The van der Waals surface area contributed by atoms with Crippen molar-refractivity contribution in [2.75, 3.05) is 38.2 Å². The standard InChI is InChI=1S/C19H23Cl2N3O2S/c1-13(19(25)23-16-11-14(20)4-5-15(16)21)22-12-17(18-3-2-10-27-18)24-6-8-26-9-7-24/h2-5,10-11,13,17,22H,6-9,12H2,1H3,(H,23,25). The van der Waals surface area contributed by atoms with Gasteiger partial charge in [-0.15, -0.1) is 11.3 Å². The van der Waals surface area contributed by atoms with E-state index in [1.165, 1.54) is 4.88 Å². The van der Waals surface area contributed by atoms with Gasteiger partial charge in [-0.25, -0.2) is 0 Å². The second-order valence-electron chi connectivity index (χ2n) is 6.42. The molecule has 5 nitrogen and oxygen atoms in total. The third-order valence-corrected chi connectivity index (χ3v) is 6.09. The van der Waals surface area contributed by atoms with Crippen LogP contribution in [0, 0.1) is 0 Å². The minimum atomic E-state index is -0.372. The van der Waals surface area contributed by atoms with Gasteiger partial charge in [0.1, 0.15) is 0 Å². The molecule has 0 saturated carbocycles. The summed E-state index contributed by atoms with van der Waals surface area (Å²) in [5.74, 6) is -0.147. The molecule has 0 aliphatic carbocycles. The molecule has 1 aromatic heterocycles. The van der Waals surface area contributed by atoms with E-state index < -0.39 is 0 Å². The molecule has 3 rings (SSSR count). The Morgan fingerprint density at radius 1 is 1.30 bits per heavy atom. The second kappa shape index (κ2) is 9.87. The molecule has 1 amide bonds. The topological polar surface area (TPSA) is 53.6 Å². The summed E-state index contributed by atoms with van der Waals surface area (Å²) in [6.07, 6.45) is 0. The van der Waals surface area contributed by atoms with E-state index in [1.807, 2.05) is 6.92 Å². The third kappa shape index (κ3) is 5.67. The second-order valence-corrected chi connectivity index (χ2v) is 8.25. The molecule has 1 fully saturated rings. The van der Waals surface area contributed by atoms with Crippen molar-refractivity contribution in [3.63, 3.8) is 0 Å². The summed E-state index contributed by atoms with van der Waals surface area (Å²) in [6.45, 7) is 5.79. The maximum Gasteiger partial charge on any atom is 0.241 e. The Morgan fingerprint density at radius 3 is 2.78 bits per heavy atom. The van der Waals surface area contributed by atoms with Gasteiger partial charge < -0.3 is 15.4 Å². The van der Waals surface area contributed by atoms with Gasteiger partial charge in [0.25, 0.3) is 0 Å². The molecule has 8 heteroatoms. The van der Waals surface area contributed by atoms with Crippen LogP contribution in [0.4, 0.5) is 5.69 Å². The number of carbonyl (C=O) groups excluding carboxylic acids is 1. The number of nitrogens with zero attached hydrogens (tertiary/aromatic N) is 1. The summed E-state index contributed by atoms with van der Waals surface area (Å²) in [7, 11) is 0. The summed E-state index contributed by atoms with van der Waals surface area (Å²) < 4.78 is 5.47. The van der Waals surface area contributed by atoms with Crippen molar-refractivity contribution >= 4 is 46.1 Å². The lowest BCUT2D eigenvalue weighted by Crippen LogP contribution is -2.46. The first-order valence-electron chi connectivity index (χ1n) is 8.89. The third-order valence-electron chi connectivity index (χ3n) is 4.56. The van der Waals surface area contributed by atoms with Crippen molar-refractivity contribution < 1.29 is 9.53 Å². The Hall–Kier alpha value is -1.15. The molecule has 0 bridgehead atoms. The normalized spacial score (nSPS) is 17.4. The molecular weight excluding hydrogens is 405 g/mol. The average molecular weight is 428 g/mol. The SMILES string of the molecule is CC(NCC(c1cccs1)N1CCOCC1)C(=O)Nc1cc(Cl)ccc1Cl. The fourth-order valence-electron chi connectivity index (χ4n) is 3.00. The van der Waals surface area contributed by atoms with E-state index in [-0.39, 0.29) is 18.0 Å². The Labute approximate surface area is 173 Å². The van der Waals surface area contributed by atoms with Crippen LogP contribution in [0.2, 0.25) is 10.0 Å². The number of hydrogen-bond acceptors (Lipinski definition) is 5. The maximum absolute atomic E-state index is 12.5. The number of halogens is 2. The van der Waals surface area contributed by atoms with Crippen molar-refractivity contribution in [2.45, 2.75) is 19.0 Å². The van der Waals surface area contributed by atoms with Crippen LogP contribution in [0.1, 0.15) is 17.8 Å². The minimum Gasteiger partial charge on any atom is -0.379 e. The van der Waals surface area contributed by atoms with Crippen LogP contribution < -0.4 is 10.6 Å². The Bertz CT molecular complexity index is 751. The molecule has 146 valence electrons. The molecule has 2 unspecified atom stereocenters. The summed E-state index contributed by atoms with van der Waals surface area (Å²) in [5, 5.41) is 9.27. The van der Waals surface area contributed by atoms with Gasteiger partial charge in [-0.3, -0.25) is 9.69 Å². The Balaban J connectivity index is 1.60. The van der Waals surface area contributed by atoms with Crippen molar-refractivity contribution in [1.29, 1.82) is 0 Å². The van der Waals surface area contributed by atoms with Gasteiger partial charge in [-0.1, -0.05) is 29.3 Å². The molecule has 1 aromatic carbocycles. The summed E-state index contributed by atoms with van der Waals surface area (Å²) >= 11 is 13.9. The van der Waals surface area contributed by atoms with Crippen LogP contribution >= 0.6 is 34.5 Å². The van der Waals surface area contributed by atoms with E-state index in [2.05, 4.69) is 33.0 Å². The highest BCUT2D eigenvalue weighted by atomic mass is 35.5. The van der Waals surface area contributed by atoms with Gasteiger partial charge in [0.05, 0.1) is 36.0 Å². The van der Waals surface area contributed by atoms with Gasteiger partial charge in [-0.2, -0.15) is 0 Å². The quantitative estimate of drug-likeness (QED) is 0.699. The largest absolute Gasteiger partial charge is 0.379 e. The van der Waals surface area contributed by atoms with Crippen LogP contribution in [0.3, 0.4) is 0 Å². The van der Waals surface area contributed by atoms with Gasteiger partial charge in [0, 0.05) is 29.5 Å². The fraction of sp³-hybridized carbons (Fsp3) is 0.421. The number of amides is 1. The number of carbonyl (C=O) groups is 1. The molecular formula is C19H23Cl2N3O2S. The van der Waals surface area contributed by atoms with E-state index in [4.69, 9.17) is 27.9 Å². The molecule has 0 radical (unpaired) electrons. The van der Waals surface area contributed by atoms with E-state index in [9.17, 15) is 4.79 Å². The Morgan fingerprint density at radius 2 is 2.07 bits per heavy atom. The van der Waals surface area contributed by atoms with E-state index in [0.29, 0.717) is 22.3 Å². The molecule has 1 saturated heterocycles. The maximum atomic E-state index is 12.5. The number of nitrogens with one attached hydrogen (secondary N) is 2. The number of hydrogen-bond donors (Lipinski definition) is 2. The van der Waals surface area contributed by atoms with Gasteiger partial charge in [-0.05, 0) is 36.6 Å². The number of ether oxygens (including phenoxy) is 1. The molecule has 0 spiro atoms. The van der Waals surface area contributed by atoms with Crippen molar-refractivity contribution in [2.24, 2.45) is 0 Å². The summed E-state index contributed by atoms with van der Waals surface area (Å²) in [5.41, 5.74) is 0.519. The van der Waals surface area contributed by atoms with E-state index >= 15 is 0 Å². The lowest BCUT2D eigenvalue weighted by atomic mass is 10.1. The van der Waals surface area contributed by atoms with E-state index in [1.54, 1.807) is 29.5 Å². The lowest BCUT2D eigenvalue weighted by Gasteiger charge is -2.34. The number of anilines is 1. The van der Waals surface area contributed by atoms with Gasteiger partial charge in [0.2, 0.25) is 5.91 Å². The highest BCUT2D eigenvalue weighted by Gasteiger charge is 2.25. The molecule has 2 N–H and O–H groups in total. The van der Waals surface area contributed by atoms with Crippen LogP contribution in [-0.2, 0) is 9.53 Å². The molecule has 1 aliphatic rings. The lowest BCUT2D eigenvalue weighted by molar-refractivity contribution is -0.117. The molecule has 2 atom stereocenters. The molecule has 1 aliphatic heterocycles. The number of rotatable bonds is 7. The van der Waals surface area contributed by atoms with Gasteiger partial charge in [0.15, 0.2) is 0 Å². The Kier molecular flexibility index (Phi) is 7.52. The van der Waals surface area contributed by atoms with E-state index in [0.717, 1.165) is 26.3 Å². The highest BCUT2D eigenvalue weighted by Crippen LogP contribution is 2.27. The summed E-state index contributed by atoms with van der Waals surface area (Å²) in [4.78, 5) is 16.2. The monoisotopic (exact) mass is 427 g/mol. The predicted molar refractivity (Wildman–Crippen MR) is 112 cm³/mol. The zero-order valence-corrected chi connectivity index (χ0v) is 17.4. The first-order chi connectivity index (χ1) is 13.0. The minimum absolute atomic E-state index is 0.147. The van der Waals surface area contributed by atoms with Crippen molar-refractivity contribution in [3.8, 4) is 0 Å². The van der Waals surface area contributed by atoms with Crippen LogP contribution in [0.25, 0.3) is 0 Å². The molecule has 2 aromatic rings. The van der Waals surface area contributed by atoms with Crippen LogP contribution in [0.15, 0.2) is 35.7 Å². The zero-order chi connectivity index (χ0) is 19.2. The van der Waals surface area contributed by atoms with Crippen LogP contribution in [-0.4, -0.2) is 49.7 Å². The molecule has 27 heavy (non-hydrogen) atoms. The van der Waals surface area contributed by atoms with Crippen molar-refractivity contribution in [3.05, 3.63) is 50.6 Å². The first-order valence-corrected chi connectivity index (χ1v) is 10.5. The fourth-order valence-corrected chi connectivity index (χ4v) is 4.19. The first kappa shape index (κ1) is 20.6. The number of morpholine rings is 1. The van der Waals surface area contributed by atoms with Gasteiger partial charge >= 0.3 is 0 Å². The molecule has 2 heterocycles. The smallest absolute Gasteiger partial charge is 0.241 e. The zero-order valence-electron chi connectivity index (χ0n) is 15.1. The highest BCUT2D eigenvalue weighted by molar-refractivity contribution is 7.10. The average Bonchev–Trinajstić information content (AvgIpc) is 3.20.